The molecule has 4 bridgehead atoms. The SMILES string of the molecule is COC1=C[C@H]2[C@H]3Cc4c(-c5cc(OC)c(O)c6c5C[C@@H]5[C@@H]7CC(OC)C(=O)C[C@]67CCN5C)cc(OC)c(O)c4[C@@]2(CCN3C)CC1=O. The summed E-state index contributed by atoms with van der Waals surface area (Å²) in [4.78, 5) is 31.9. The maximum atomic E-state index is 13.6. The molecule has 2 aliphatic heterocycles. The minimum Gasteiger partial charge on any atom is -0.504 e. The second-order valence-corrected chi connectivity index (χ2v) is 15.0. The zero-order valence-corrected chi connectivity index (χ0v) is 28.7. The van der Waals surface area contributed by atoms with E-state index in [9.17, 15) is 19.8 Å². The Balaban J connectivity index is 1.42. The number of likely N-dealkylation sites (tertiary alicyclic amines) is 2. The van der Waals surface area contributed by atoms with Gasteiger partial charge in [0.05, 0.1) is 21.3 Å². The first kappa shape index (κ1) is 31.7. The number of piperidine rings is 2. The average Bonchev–Trinajstić information content (AvgIpc) is 3.07. The highest BCUT2D eigenvalue weighted by molar-refractivity contribution is 5.96. The Morgan fingerprint density at radius 2 is 1.33 bits per heavy atom. The van der Waals surface area contributed by atoms with Gasteiger partial charge in [0, 0.05) is 59.9 Å². The fourth-order valence-electron chi connectivity index (χ4n) is 11.1. The Morgan fingerprint density at radius 1 is 0.771 bits per heavy atom. The van der Waals surface area contributed by atoms with Crippen molar-refractivity contribution >= 4 is 11.6 Å². The molecule has 7 atom stereocenters. The van der Waals surface area contributed by atoms with Crippen molar-refractivity contribution in [1.82, 2.24) is 9.80 Å². The molecule has 2 N–H and O–H groups in total. The summed E-state index contributed by atoms with van der Waals surface area (Å²) >= 11 is 0. The van der Waals surface area contributed by atoms with Crippen LogP contribution in [-0.4, -0.2) is 105 Å². The van der Waals surface area contributed by atoms with Crippen molar-refractivity contribution in [3.63, 3.8) is 0 Å². The first-order valence-corrected chi connectivity index (χ1v) is 17.2. The van der Waals surface area contributed by atoms with Crippen LogP contribution in [0.5, 0.6) is 23.0 Å². The molecular weight excluding hydrogens is 612 g/mol. The molecule has 1 unspecified atom stereocenters. The lowest BCUT2D eigenvalue weighted by molar-refractivity contribution is -0.141. The monoisotopic (exact) mass is 658 g/mol. The summed E-state index contributed by atoms with van der Waals surface area (Å²) in [6.07, 6.45) is 5.47. The number of Topliss-reactive ketones (excluding diaryl/α,β-unsaturated/α-hetero) is 2. The van der Waals surface area contributed by atoms with Gasteiger partial charge in [-0.15, -0.1) is 0 Å². The van der Waals surface area contributed by atoms with Gasteiger partial charge >= 0.3 is 0 Å². The number of aromatic hydroxyl groups is 2. The quantitative estimate of drug-likeness (QED) is 0.490. The number of benzene rings is 2. The summed E-state index contributed by atoms with van der Waals surface area (Å²) in [5.74, 6) is 1.41. The molecule has 2 aromatic carbocycles. The van der Waals surface area contributed by atoms with Crippen LogP contribution in [0.4, 0.5) is 0 Å². The highest BCUT2D eigenvalue weighted by Crippen LogP contribution is 2.63. The van der Waals surface area contributed by atoms with Gasteiger partial charge in [0.1, 0.15) is 6.10 Å². The zero-order chi connectivity index (χ0) is 33.9. The number of carbonyl (C=O) groups excluding carboxylic acids is 2. The summed E-state index contributed by atoms with van der Waals surface area (Å²) in [6.45, 7) is 1.62. The second kappa shape index (κ2) is 11.0. The van der Waals surface area contributed by atoms with Crippen LogP contribution in [0.1, 0.15) is 54.4 Å². The number of likely N-dealkylation sites (N-methyl/N-ethyl adjacent to an activating group) is 2. The molecule has 2 heterocycles. The van der Waals surface area contributed by atoms with Crippen molar-refractivity contribution in [1.29, 1.82) is 0 Å². The number of nitrogens with zero attached hydrogens (tertiary/aromatic N) is 2. The first-order valence-electron chi connectivity index (χ1n) is 17.2. The van der Waals surface area contributed by atoms with Gasteiger partial charge in [-0.2, -0.15) is 0 Å². The first-order chi connectivity index (χ1) is 23.0. The van der Waals surface area contributed by atoms with E-state index < -0.39 is 16.9 Å². The van der Waals surface area contributed by atoms with E-state index in [1.165, 1.54) is 0 Å². The lowest BCUT2D eigenvalue weighted by Gasteiger charge is -2.59. The Morgan fingerprint density at radius 3 is 1.92 bits per heavy atom. The molecule has 10 heteroatoms. The van der Waals surface area contributed by atoms with Gasteiger partial charge in [0.25, 0.3) is 0 Å². The number of phenols is 2. The molecule has 4 aliphatic carbocycles. The summed E-state index contributed by atoms with van der Waals surface area (Å²) in [5, 5.41) is 24.0. The Kier molecular flexibility index (Phi) is 7.22. The number of rotatable bonds is 5. The van der Waals surface area contributed by atoms with Crippen molar-refractivity contribution in [3.8, 4) is 34.1 Å². The Hall–Kier alpha value is -3.60. The van der Waals surface area contributed by atoms with Crippen LogP contribution in [0.15, 0.2) is 24.0 Å². The van der Waals surface area contributed by atoms with Crippen molar-refractivity contribution in [3.05, 3.63) is 46.2 Å². The molecule has 2 aromatic rings. The molecule has 0 spiro atoms. The summed E-state index contributed by atoms with van der Waals surface area (Å²) < 4.78 is 23.0. The molecule has 1 saturated carbocycles. The fraction of sp³-hybridized carbons (Fsp3) is 0.579. The molecule has 256 valence electrons. The molecule has 10 nitrogen and oxygen atoms in total. The second-order valence-electron chi connectivity index (χ2n) is 15.0. The van der Waals surface area contributed by atoms with Crippen molar-refractivity contribution < 1.29 is 38.7 Å². The van der Waals surface area contributed by atoms with Crippen LogP contribution in [0, 0.1) is 11.8 Å². The third-order valence-electron chi connectivity index (χ3n) is 13.4. The Labute approximate surface area is 281 Å². The molecule has 6 aliphatic rings. The summed E-state index contributed by atoms with van der Waals surface area (Å²) in [7, 11) is 10.6. The fourth-order valence-corrected chi connectivity index (χ4v) is 11.1. The van der Waals surface area contributed by atoms with Gasteiger partial charge in [0.2, 0.25) is 0 Å². The van der Waals surface area contributed by atoms with Gasteiger partial charge in [-0.05, 0) is 106 Å². The molecule has 8 rings (SSSR count). The van der Waals surface area contributed by atoms with E-state index in [1.807, 2.05) is 18.2 Å². The molecule has 0 amide bonds. The summed E-state index contributed by atoms with van der Waals surface area (Å²) in [6, 6.07) is 4.08. The predicted molar refractivity (Wildman–Crippen MR) is 178 cm³/mol. The van der Waals surface area contributed by atoms with Crippen LogP contribution in [-0.2, 0) is 42.7 Å². The number of ether oxygens (including phenoxy) is 4. The molecule has 48 heavy (non-hydrogen) atoms. The van der Waals surface area contributed by atoms with E-state index in [1.54, 1.807) is 28.4 Å². The highest BCUT2D eigenvalue weighted by atomic mass is 16.5. The maximum Gasteiger partial charge on any atom is 0.197 e. The van der Waals surface area contributed by atoms with E-state index in [-0.39, 0.29) is 53.4 Å². The van der Waals surface area contributed by atoms with Crippen molar-refractivity contribution in [2.24, 2.45) is 11.8 Å². The number of hydrogen-bond donors (Lipinski definition) is 2. The normalized spacial score (nSPS) is 34.0. The number of hydrogen-bond acceptors (Lipinski definition) is 10. The van der Waals surface area contributed by atoms with Crippen LogP contribution < -0.4 is 9.47 Å². The van der Waals surface area contributed by atoms with E-state index in [0.717, 1.165) is 52.9 Å². The standard InChI is InChI=1S/C38H46N2O8/c1-39-9-7-37-17-27(41)29(45-3)15-23(37)25(39)11-21-19(13-31(47-5)35(43)33(21)37)20-14-32(48-6)36(44)34-22(20)12-26-24-16-30(46-4)28(42)18-38(24,34)8-10-40(26)2/h13-15,23-26,30,43-44H,7-12,16-18H2,1-6H3/t23-,24-,25+,26+,30?,37-,38-/m0/s1. The van der Waals surface area contributed by atoms with E-state index in [4.69, 9.17) is 18.9 Å². The maximum absolute atomic E-state index is 13.6. The third kappa shape index (κ3) is 4.02. The van der Waals surface area contributed by atoms with Crippen LogP contribution in [0.3, 0.4) is 0 Å². The van der Waals surface area contributed by atoms with Crippen LogP contribution >= 0.6 is 0 Å². The molecular formula is C38H46N2O8. The number of fused-ring (bicyclic) bond motifs is 2. The highest BCUT2D eigenvalue weighted by Gasteiger charge is 2.60. The minimum absolute atomic E-state index is 0.0276. The molecule has 3 fully saturated rings. The van der Waals surface area contributed by atoms with Gasteiger partial charge in [-0.3, -0.25) is 9.59 Å². The lowest BCUT2D eigenvalue weighted by Crippen LogP contribution is -2.63. The number of carbonyl (C=O) groups is 2. The zero-order valence-electron chi connectivity index (χ0n) is 28.7. The third-order valence-corrected chi connectivity index (χ3v) is 13.4. The predicted octanol–water partition coefficient (Wildman–Crippen LogP) is 3.89. The van der Waals surface area contributed by atoms with Gasteiger partial charge in [-0.1, -0.05) is 0 Å². The molecule has 2 saturated heterocycles. The van der Waals surface area contributed by atoms with Crippen molar-refractivity contribution in [2.45, 2.75) is 74.0 Å². The van der Waals surface area contributed by atoms with E-state index in [2.05, 4.69) is 23.9 Å². The number of methoxy groups -OCH3 is 4. The van der Waals surface area contributed by atoms with Gasteiger partial charge in [0.15, 0.2) is 40.3 Å². The molecule has 0 radical (unpaired) electrons. The largest absolute Gasteiger partial charge is 0.504 e. The van der Waals surface area contributed by atoms with Crippen LogP contribution in [0.2, 0.25) is 0 Å². The van der Waals surface area contributed by atoms with E-state index in [0.29, 0.717) is 49.4 Å². The number of phenolic OH excluding ortho intramolecular Hbond substituents is 2. The van der Waals surface area contributed by atoms with Gasteiger partial charge in [-0.25, -0.2) is 0 Å². The van der Waals surface area contributed by atoms with Crippen LogP contribution in [0.25, 0.3) is 11.1 Å². The van der Waals surface area contributed by atoms with E-state index >= 15 is 0 Å². The van der Waals surface area contributed by atoms with Crippen molar-refractivity contribution in [2.75, 3.05) is 55.6 Å². The van der Waals surface area contributed by atoms with Gasteiger partial charge < -0.3 is 39.0 Å². The molecule has 0 aromatic heterocycles. The number of allylic oxidation sites excluding steroid dienone is 1. The summed E-state index contributed by atoms with van der Waals surface area (Å²) in [5.41, 5.74) is 4.27. The Bertz CT molecular complexity index is 1770. The lowest BCUT2D eigenvalue weighted by atomic mass is 9.50. The minimum atomic E-state index is -0.621. The smallest absolute Gasteiger partial charge is 0.197 e. The topological polar surface area (TPSA) is 118 Å². The average molecular weight is 659 g/mol. The number of ketones is 2.